The van der Waals surface area contributed by atoms with Crippen molar-refractivity contribution in [1.82, 2.24) is 0 Å². The highest BCUT2D eigenvalue weighted by Gasteiger charge is 2.46. The van der Waals surface area contributed by atoms with Gasteiger partial charge in [0.05, 0.1) is 7.11 Å². The fourth-order valence-corrected chi connectivity index (χ4v) is 4.18. The number of esters is 1. The number of carbonyl (C=O) groups is 2. The van der Waals surface area contributed by atoms with Crippen LogP contribution in [0.2, 0.25) is 0 Å². The Kier molecular flexibility index (Phi) is 5.54. The van der Waals surface area contributed by atoms with Crippen LogP contribution in [0.1, 0.15) is 45.1 Å². The van der Waals surface area contributed by atoms with Crippen molar-refractivity contribution in [3.05, 3.63) is 53.8 Å². The van der Waals surface area contributed by atoms with Crippen molar-refractivity contribution in [2.75, 3.05) is 13.7 Å². The van der Waals surface area contributed by atoms with E-state index in [1.165, 1.54) is 6.08 Å². The zero-order valence-electron chi connectivity index (χ0n) is 17.0. The minimum absolute atomic E-state index is 0.0526. The van der Waals surface area contributed by atoms with Crippen LogP contribution in [0.15, 0.2) is 53.2 Å². The molecule has 5 heteroatoms. The monoisotopic (exact) mass is 381 g/mol. The fourth-order valence-electron chi connectivity index (χ4n) is 4.18. The zero-order valence-corrected chi connectivity index (χ0v) is 17.0. The standard InChI is InChI=1S/C23H27NO4/c1-6-10-28-22(26)19-14(2)24-17-12-23(3,4)13-18(25)21(17)20(19)15-8-7-9-16(11-15)27-5/h6-9,11,19-20H,1,10,12-13H2,2-5H3/t19?,20-/m1/s1. The van der Waals surface area contributed by atoms with Gasteiger partial charge in [0.2, 0.25) is 0 Å². The lowest BCUT2D eigenvalue weighted by Gasteiger charge is -2.39. The number of Topliss-reactive ketones (excluding diaryl/α,β-unsaturated/α-hetero) is 1. The molecule has 0 N–H and O–H groups in total. The second-order valence-electron chi connectivity index (χ2n) is 8.21. The molecule has 0 saturated carbocycles. The predicted octanol–water partition coefficient (Wildman–Crippen LogP) is 4.24. The van der Waals surface area contributed by atoms with Crippen molar-refractivity contribution < 1.29 is 19.1 Å². The molecule has 1 aliphatic heterocycles. The lowest BCUT2D eigenvalue weighted by atomic mass is 9.67. The number of ether oxygens (including phenoxy) is 2. The first-order valence-electron chi connectivity index (χ1n) is 9.50. The van der Waals surface area contributed by atoms with Crippen LogP contribution in [-0.4, -0.2) is 31.2 Å². The average Bonchev–Trinajstić information content (AvgIpc) is 2.64. The maximum atomic E-state index is 13.1. The third kappa shape index (κ3) is 3.79. The fraction of sp³-hybridized carbons (Fsp3) is 0.435. The third-order valence-corrected chi connectivity index (χ3v) is 5.35. The number of hydrogen-bond donors (Lipinski definition) is 0. The van der Waals surface area contributed by atoms with Crippen LogP contribution in [0.25, 0.3) is 0 Å². The van der Waals surface area contributed by atoms with E-state index in [-0.39, 0.29) is 17.8 Å². The SMILES string of the molecule is C=CCOC(=O)C1C(C)=NC2=C(C(=O)CC(C)(C)C2)[C@@H]1c1cccc(OC)c1. The molecule has 1 aromatic rings. The molecule has 2 aliphatic rings. The average molecular weight is 381 g/mol. The van der Waals surface area contributed by atoms with Gasteiger partial charge in [-0.25, -0.2) is 0 Å². The molecule has 0 radical (unpaired) electrons. The number of ketones is 1. The maximum absolute atomic E-state index is 13.1. The van der Waals surface area contributed by atoms with Crippen molar-refractivity contribution in [2.24, 2.45) is 16.3 Å². The van der Waals surface area contributed by atoms with E-state index in [0.29, 0.717) is 29.9 Å². The Morgan fingerprint density at radius 1 is 1.36 bits per heavy atom. The van der Waals surface area contributed by atoms with Crippen LogP contribution in [0, 0.1) is 11.3 Å². The number of methoxy groups -OCH3 is 1. The van der Waals surface area contributed by atoms with Gasteiger partial charge in [-0.05, 0) is 36.5 Å². The summed E-state index contributed by atoms with van der Waals surface area (Å²) in [6.07, 6.45) is 2.68. The van der Waals surface area contributed by atoms with Crippen LogP contribution in [-0.2, 0) is 14.3 Å². The highest BCUT2D eigenvalue weighted by atomic mass is 16.5. The molecule has 148 valence electrons. The Bertz CT molecular complexity index is 878. The Balaban J connectivity index is 2.15. The van der Waals surface area contributed by atoms with Gasteiger partial charge in [-0.3, -0.25) is 14.6 Å². The van der Waals surface area contributed by atoms with Gasteiger partial charge >= 0.3 is 5.97 Å². The Labute approximate surface area is 166 Å². The van der Waals surface area contributed by atoms with Crippen molar-refractivity contribution in [3.63, 3.8) is 0 Å². The number of nitrogens with zero attached hydrogens (tertiary/aromatic N) is 1. The number of allylic oxidation sites excluding steroid dienone is 2. The third-order valence-electron chi connectivity index (χ3n) is 5.35. The van der Waals surface area contributed by atoms with Crippen molar-refractivity contribution in [1.29, 1.82) is 0 Å². The normalized spacial score (nSPS) is 23.6. The van der Waals surface area contributed by atoms with Crippen LogP contribution in [0.4, 0.5) is 0 Å². The Hall–Kier alpha value is -2.69. The molecule has 1 unspecified atom stereocenters. The Morgan fingerprint density at radius 2 is 2.11 bits per heavy atom. The van der Waals surface area contributed by atoms with Crippen molar-refractivity contribution >= 4 is 17.5 Å². The van der Waals surface area contributed by atoms with Gasteiger partial charge in [0.25, 0.3) is 0 Å². The van der Waals surface area contributed by atoms with Gasteiger partial charge in [0, 0.05) is 29.3 Å². The summed E-state index contributed by atoms with van der Waals surface area (Å²) in [5.41, 5.74) is 2.81. The first-order chi connectivity index (χ1) is 13.3. The number of benzene rings is 1. The van der Waals surface area contributed by atoms with Crippen LogP contribution in [0.5, 0.6) is 5.75 Å². The molecule has 0 spiro atoms. The van der Waals surface area contributed by atoms with Crippen molar-refractivity contribution in [3.8, 4) is 5.75 Å². The van der Waals surface area contributed by atoms with Gasteiger partial charge in [0.15, 0.2) is 5.78 Å². The second-order valence-corrected chi connectivity index (χ2v) is 8.21. The van der Waals surface area contributed by atoms with Gasteiger partial charge in [-0.2, -0.15) is 0 Å². The largest absolute Gasteiger partial charge is 0.497 e. The molecule has 0 amide bonds. The van der Waals surface area contributed by atoms with E-state index in [4.69, 9.17) is 14.5 Å². The molecular formula is C23H27NO4. The van der Waals surface area contributed by atoms with E-state index in [2.05, 4.69) is 20.4 Å². The number of hydrogen-bond acceptors (Lipinski definition) is 5. The van der Waals surface area contributed by atoms with Gasteiger partial charge in [0.1, 0.15) is 18.3 Å². The van der Waals surface area contributed by atoms with E-state index in [1.807, 2.05) is 31.2 Å². The van der Waals surface area contributed by atoms with Gasteiger partial charge in [-0.1, -0.05) is 38.6 Å². The molecule has 0 bridgehead atoms. The summed E-state index contributed by atoms with van der Waals surface area (Å²) in [7, 11) is 1.60. The second kappa shape index (κ2) is 7.74. The summed E-state index contributed by atoms with van der Waals surface area (Å²) in [6.45, 7) is 9.71. The molecule has 0 fully saturated rings. The van der Waals surface area contributed by atoms with Crippen LogP contribution in [0.3, 0.4) is 0 Å². The quantitative estimate of drug-likeness (QED) is 0.565. The van der Waals surface area contributed by atoms with E-state index >= 15 is 0 Å². The highest BCUT2D eigenvalue weighted by Crippen LogP contribution is 2.48. The summed E-state index contributed by atoms with van der Waals surface area (Å²) < 4.78 is 10.7. The molecule has 1 aliphatic carbocycles. The first kappa shape index (κ1) is 20.1. The topological polar surface area (TPSA) is 65.0 Å². The molecule has 3 rings (SSSR count). The molecule has 5 nitrogen and oxygen atoms in total. The summed E-state index contributed by atoms with van der Waals surface area (Å²) in [5, 5.41) is 0. The summed E-state index contributed by atoms with van der Waals surface area (Å²) in [4.78, 5) is 30.7. The first-order valence-corrected chi connectivity index (χ1v) is 9.50. The minimum atomic E-state index is -0.643. The minimum Gasteiger partial charge on any atom is -0.497 e. The number of aliphatic imine (C=N–C) groups is 1. The number of carbonyl (C=O) groups excluding carboxylic acids is 2. The molecule has 2 atom stereocenters. The van der Waals surface area contributed by atoms with E-state index in [9.17, 15) is 9.59 Å². The summed E-state index contributed by atoms with van der Waals surface area (Å²) >= 11 is 0. The molecule has 1 heterocycles. The van der Waals surface area contributed by atoms with Gasteiger partial charge in [-0.15, -0.1) is 0 Å². The predicted molar refractivity (Wildman–Crippen MR) is 109 cm³/mol. The van der Waals surface area contributed by atoms with Crippen molar-refractivity contribution in [2.45, 2.75) is 39.5 Å². The lowest BCUT2D eigenvalue weighted by molar-refractivity contribution is -0.145. The zero-order chi connectivity index (χ0) is 20.5. The Morgan fingerprint density at radius 3 is 2.79 bits per heavy atom. The van der Waals surface area contributed by atoms with Crippen LogP contribution < -0.4 is 4.74 Å². The molecule has 0 aromatic heterocycles. The summed E-state index contributed by atoms with van der Waals surface area (Å²) in [6, 6.07) is 7.53. The van der Waals surface area contributed by atoms with E-state index in [1.54, 1.807) is 7.11 Å². The van der Waals surface area contributed by atoms with E-state index < -0.39 is 17.8 Å². The molecular weight excluding hydrogens is 354 g/mol. The van der Waals surface area contributed by atoms with Crippen LogP contribution >= 0.6 is 0 Å². The number of rotatable bonds is 5. The van der Waals surface area contributed by atoms with E-state index in [0.717, 1.165) is 11.3 Å². The smallest absolute Gasteiger partial charge is 0.315 e. The highest BCUT2D eigenvalue weighted by molar-refractivity contribution is 6.09. The molecule has 0 saturated heterocycles. The maximum Gasteiger partial charge on any atom is 0.315 e. The summed E-state index contributed by atoms with van der Waals surface area (Å²) in [5.74, 6) is -0.726. The molecule has 1 aromatic carbocycles. The lowest BCUT2D eigenvalue weighted by Crippen LogP contribution is -2.39. The van der Waals surface area contributed by atoms with Gasteiger partial charge < -0.3 is 9.47 Å². The molecule has 28 heavy (non-hydrogen) atoms.